The van der Waals surface area contributed by atoms with E-state index in [2.05, 4.69) is 61.3 Å². The Hall–Kier alpha value is -0.860. The average molecular weight is 246 g/mol. The molecule has 0 aliphatic carbocycles. The first-order valence-corrected chi connectivity index (χ1v) is 7.11. The van der Waals surface area contributed by atoms with Crippen LogP contribution in [0.2, 0.25) is 0 Å². The maximum atomic E-state index is 3.49. The molecule has 2 rings (SSSR count). The predicted molar refractivity (Wildman–Crippen MR) is 77.9 cm³/mol. The number of piperazine rings is 1. The van der Waals surface area contributed by atoms with Gasteiger partial charge in [-0.3, -0.25) is 4.90 Å². The normalized spacial score (nSPS) is 21.7. The quantitative estimate of drug-likeness (QED) is 0.878. The molecular weight excluding hydrogens is 220 g/mol. The van der Waals surface area contributed by atoms with Crippen LogP contribution in [-0.4, -0.2) is 36.1 Å². The molecular formula is C16H26N2. The fourth-order valence-electron chi connectivity index (χ4n) is 2.99. The van der Waals surface area contributed by atoms with Gasteiger partial charge in [0.2, 0.25) is 0 Å². The molecule has 0 bridgehead atoms. The fourth-order valence-corrected chi connectivity index (χ4v) is 2.99. The van der Waals surface area contributed by atoms with Crippen LogP contribution in [0, 0.1) is 0 Å². The molecule has 1 aliphatic rings. The number of hydrogen-bond acceptors (Lipinski definition) is 2. The summed E-state index contributed by atoms with van der Waals surface area (Å²) >= 11 is 0. The number of rotatable bonds is 4. The number of nitrogens with one attached hydrogen (secondary N) is 1. The van der Waals surface area contributed by atoms with Gasteiger partial charge in [0.05, 0.1) is 0 Å². The van der Waals surface area contributed by atoms with Crippen molar-refractivity contribution in [2.45, 2.75) is 45.2 Å². The molecule has 0 amide bonds. The van der Waals surface area contributed by atoms with Crippen molar-refractivity contribution in [3.05, 3.63) is 35.9 Å². The Morgan fingerprint density at radius 2 is 2.00 bits per heavy atom. The maximum Gasteiger partial charge on any atom is 0.0281 e. The van der Waals surface area contributed by atoms with E-state index in [1.165, 1.54) is 24.9 Å². The topological polar surface area (TPSA) is 15.3 Å². The van der Waals surface area contributed by atoms with Gasteiger partial charge >= 0.3 is 0 Å². The molecule has 1 fully saturated rings. The van der Waals surface area contributed by atoms with Crippen LogP contribution in [0.25, 0.3) is 0 Å². The van der Waals surface area contributed by atoms with Gasteiger partial charge in [-0.15, -0.1) is 0 Å². The summed E-state index contributed by atoms with van der Waals surface area (Å²) in [7, 11) is 0. The van der Waals surface area contributed by atoms with Gasteiger partial charge in [0.25, 0.3) is 0 Å². The molecule has 1 aliphatic heterocycles. The summed E-state index contributed by atoms with van der Waals surface area (Å²) in [6.45, 7) is 10.5. The molecule has 1 aromatic carbocycles. The van der Waals surface area contributed by atoms with Crippen LogP contribution in [0.15, 0.2) is 30.3 Å². The Kier molecular flexibility index (Phi) is 4.41. The third kappa shape index (κ3) is 3.33. The lowest BCUT2D eigenvalue weighted by Crippen LogP contribution is -2.60. The van der Waals surface area contributed by atoms with Gasteiger partial charge in [-0.2, -0.15) is 0 Å². The summed E-state index contributed by atoms with van der Waals surface area (Å²) in [4.78, 5) is 2.66. The summed E-state index contributed by atoms with van der Waals surface area (Å²) in [5, 5.41) is 3.49. The zero-order valence-corrected chi connectivity index (χ0v) is 11.9. The standard InChI is InChI=1S/C16H26N2/c1-14(9-10-15-7-5-4-6-8-15)18-12-11-17-13-16(18,2)3/h4-8,14,17H,9-13H2,1-3H3. The number of hydrogen-bond donors (Lipinski definition) is 1. The van der Waals surface area contributed by atoms with E-state index in [1.54, 1.807) is 0 Å². The lowest BCUT2D eigenvalue weighted by molar-refractivity contribution is 0.0488. The number of nitrogens with zero attached hydrogens (tertiary/aromatic N) is 1. The second-order valence-electron chi connectivity index (χ2n) is 6.06. The second kappa shape index (κ2) is 5.85. The molecule has 0 aromatic heterocycles. The third-order valence-corrected chi connectivity index (χ3v) is 4.09. The first-order chi connectivity index (χ1) is 8.59. The van der Waals surface area contributed by atoms with Gasteiger partial charge < -0.3 is 5.32 Å². The van der Waals surface area contributed by atoms with Crippen molar-refractivity contribution < 1.29 is 0 Å². The third-order valence-electron chi connectivity index (χ3n) is 4.09. The Labute approximate surface area is 111 Å². The van der Waals surface area contributed by atoms with Crippen LogP contribution in [-0.2, 0) is 6.42 Å². The van der Waals surface area contributed by atoms with Gasteiger partial charge in [0.1, 0.15) is 0 Å². The highest BCUT2D eigenvalue weighted by Crippen LogP contribution is 2.21. The van der Waals surface area contributed by atoms with Crippen LogP contribution in [0.5, 0.6) is 0 Å². The Morgan fingerprint density at radius 3 is 2.67 bits per heavy atom. The lowest BCUT2D eigenvalue weighted by atomic mass is 9.95. The minimum atomic E-state index is 0.286. The summed E-state index contributed by atoms with van der Waals surface area (Å²) in [6.07, 6.45) is 2.43. The molecule has 1 aromatic rings. The van der Waals surface area contributed by atoms with E-state index in [0.717, 1.165) is 13.1 Å². The van der Waals surface area contributed by atoms with E-state index < -0.39 is 0 Å². The molecule has 1 heterocycles. The van der Waals surface area contributed by atoms with Crippen molar-refractivity contribution in [1.82, 2.24) is 10.2 Å². The Morgan fingerprint density at radius 1 is 1.28 bits per heavy atom. The van der Waals surface area contributed by atoms with Gasteiger partial charge in [0, 0.05) is 31.2 Å². The van der Waals surface area contributed by atoms with Crippen LogP contribution >= 0.6 is 0 Å². The van der Waals surface area contributed by atoms with Crippen molar-refractivity contribution in [3.63, 3.8) is 0 Å². The second-order valence-corrected chi connectivity index (χ2v) is 6.06. The van der Waals surface area contributed by atoms with E-state index in [4.69, 9.17) is 0 Å². The lowest BCUT2D eigenvalue weighted by Gasteiger charge is -2.46. The molecule has 100 valence electrons. The molecule has 1 N–H and O–H groups in total. The molecule has 0 saturated carbocycles. The summed E-state index contributed by atoms with van der Waals surface area (Å²) < 4.78 is 0. The highest BCUT2D eigenvalue weighted by molar-refractivity contribution is 5.14. The highest BCUT2D eigenvalue weighted by Gasteiger charge is 2.32. The Balaban J connectivity index is 1.89. The van der Waals surface area contributed by atoms with Gasteiger partial charge in [0.15, 0.2) is 0 Å². The van der Waals surface area contributed by atoms with E-state index in [1.807, 2.05) is 0 Å². The predicted octanol–water partition coefficient (Wildman–Crippen LogP) is 2.69. The van der Waals surface area contributed by atoms with Crippen molar-refractivity contribution in [3.8, 4) is 0 Å². The van der Waals surface area contributed by atoms with Crippen LogP contribution < -0.4 is 5.32 Å². The van der Waals surface area contributed by atoms with Crippen LogP contribution in [0.1, 0.15) is 32.8 Å². The first kappa shape index (κ1) is 13.6. The summed E-state index contributed by atoms with van der Waals surface area (Å²) in [5.74, 6) is 0. The van der Waals surface area contributed by atoms with Crippen LogP contribution in [0.4, 0.5) is 0 Å². The van der Waals surface area contributed by atoms with Crippen molar-refractivity contribution in [1.29, 1.82) is 0 Å². The molecule has 1 unspecified atom stereocenters. The van der Waals surface area contributed by atoms with E-state index in [0.29, 0.717) is 6.04 Å². The molecule has 18 heavy (non-hydrogen) atoms. The fraction of sp³-hybridized carbons (Fsp3) is 0.625. The van der Waals surface area contributed by atoms with Gasteiger partial charge in [-0.05, 0) is 39.2 Å². The molecule has 0 spiro atoms. The van der Waals surface area contributed by atoms with Gasteiger partial charge in [-0.25, -0.2) is 0 Å². The van der Waals surface area contributed by atoms with Crippen molar-refractivity contribution in [2.24, 2.45) is 0 Å². The molecule has 0 radical (unpaired) electrons. The number of benzene rings is 1. The molecule has 1 saturated heterocycles. The smallest absolute Gasteiger partial charge is 0.0281 e. The largest absolute Gasteiger partial charge is 0.314 e. The zero-order valence-electron chi connectivity index (χ0n) is 11.9. The minimum Gasteiger partial charge on any atom is -0.314 e. The first-order valence-electron chi connectivity index (χ1n) is 7.11. The summed E-state index contributed by atoms with van der Waals surface area (Å²) in [5.41, 5.74) is 1.74. The van der Waals surface area contributed by atoms with Crippen molar-refractivity contribution in [2.75, 3.05) is 19.6 Å². The SMILES string of the molecule is CC(CCc1ccccc1)N1CCNCC1(C)C. The van der Waals surface area contributed by atoms with Gasteiger partial charge in [-0.1, -0.05) is 30.3 Å². The molecule has 1 atom stereocenters. The van der Waals surface area contributed by atoms with E-state index in [9.17, 15) is 0 Å². The minimum absolute atomic E-state index is 0.286. The average Bonchev–Trinajstić information content (AvgIpc) is 2.37. The van der Waals surface area contributed by atoms with Crippen molar-refractivity contribution >= 4 is 0 Å². The van der Waals surface area contributed by atoms with Crippen LogP contribution in [0.3, 0.4) is 0 Å². The van der Waals surface area contributed by atoms with E-state index >= 15 is 0 Å². The number of aryl methyl sites for hydroxylation is 1. The maximum absolute atomic E-state index is 3.49. The zero-order chi connectivity index (χ0) is 13.0. The highest BCUT2D eigenvalue weighted by atomic mass is 15.3. The Bertz CT molecular complexity index is 359. The monoisotopic (exact) mass is 246 g/mol. The molecule has 2 nitrogen and oxygen atoms in total. The van der Waals surface area contributed by atoms with E-state index in [-0.39, 0.29) is 5.54 Å². The summed E-state index contributed by atoms with van der Waals surface area (Å²) in [6, 6.07) is 11.5. The molecule has 2 heteroatoms.